The van der Waals surface area contributed by atoms with Crippen LogP contribution < -0.4 is 10.5 Å². The Morgan fingerprint density at radius 2 is 2.16 bits per heavy atom. The lowest BCUT2D eigenvalue weighted by atomic mass is 10.1. The van der Waals surface area contributed by atoms with Crippen LogP contribution in [0.2, 0.25) is 0 Å². The summed E-state index contributed by atoms with van der Waals surface area (Å²) in [6.07, 6.45) is 2.50. The van der Waals surface area contributed by atoms with E-state index >= 15 is 0 Å². The molecule has 2 rings (SSSR count). The maximum Gasteiger partial charge on any atom is 0.219 e. The summed E-state index contributed by atoms with van der Waals surface area (Å²) in [7, 11) is 0. The molecular formula is C14H14BrFN2O. The third-order valence-corrected chi connectivity index (χ3v) is 3.08. The molecule has 19 heavy (non-hydrogen) atoms. The highest BCUT2D eigenvalue weighted by atomic mass is 79.9. The van der Waals surface area contributed by atoms with Gasteiger partial charge < -0.3 is 10.5 Å². The molecule has 0 bridgehead atoms. The molecule has 0 saturated carbocycles. The number of nitrogens with zero attached hydrogens (tertiary/aromatic N) is 1. The third kappa shape index (κ3) is 4.01. The first-order valence-electron chi connectivity index (χ1n) is 5.88. The number of pyridine rings is 1. The predicted molar refractivity (Wildman–Crippen MR) is 75.8 cm³/mol. The van der Waals surface area contributed by atoms with E-state index in [-0.39, 0.29) is 11.9 Å². The zero-order valence-electron chi connectivity index (χ0n) is 10.4. The lowest BCUT2D eigenvalue weighted by Gasteiger charge is -2.08. The van der Waals surface area contributed by atoms with Gasteiger partial charge in [0.25, 0.3) is 0 Å². The van der Waals surface area contributed by atoms with E-state index in [1.54, 1.807) is 18.3 Å². The van der Waals surface area contributed by atoms with Crippen molar-refractivity contribution in [2.45, 2.75) is 19.4 Å². The molecule has 0 aliphatic carbocycles. The molecular weight excluding hydrogens is 311 g/mol. The maximum atomic E-state index is 12.9. The summed E-state index contributed by atoms with van der Waals surface area (Å²) in [5.74, 6) is 0.661. The number of rotatable bonds is 4. The molecule has 0 saturated heterocycles. The summed E-state index contributed by atoms with van der Waals surface area (Å²) in [5, 5.41) is 0. The van der Waals surface area contributed by atoms with Crippen LogP contribution in [0.25, 0.3) is 0 Å². The van der Waals surface area contributed by atoms with Gasteiger partial charge in [-0.2, -0.15) is 0 Å². The first-order chi connectivity index (χ1) is 9.04. The van der Waals surface area contributed by atoms with Crippen LogP contribution in [0.3, 0.4) is 0 Å². The van der Waals surface area contributed by atoms with Crippen molar-refractivity contribution in [3.63, 3.8) is 0 Å². The van der Waals surface area contributed by atoms with E-state index in [2.05, 4.69) is 20.9 Å². The van der Waals surface area contributed by atoms with Crippen LogP contribution in [-0.2, 0) is 6.42 Å². The van der Waals surface area contributed by atoms with E-state index in [0.29, 0.717) is 16.1 Å². The molecule has 1 atom stereocenters. The van der Waals surface area contributed by atoms with Gasteiger partial charge in [0.15, 0.2) is 0 Å². The van der Waals surface area contributed by atoms with E-state index in [4.69, 9.17) is 10.5 Å². The van der Waals surface area contributed by atoms with E-state index in [1.807, 2.05) is 13.0 Å². The number of hydrogen-bond acceptors (Lipinski definition) is 3. The predicted octanol–water partition coefficient (Wildman–Crippen LogP) is 3.67. The minimum atomic E-state index is -0.320. The van der Waals surface area contributed by atoms with E-state index in [9.17, 15) is 4.39 Å². The van der Waals surface area contributed by atoms with Gasteiger partial charge in [-0.1, -0.05) is 6.07 Å². The van der Waals surface area contributed by atoms with Gasteiger partial charge in [-0.3, -0.25) is 0 Å². The molecule has 100 valence electrons. The Balaban J connectivity index is 2.10. The van der Waals surface area contributed by atoms with Gasteiger partial charge in [0, 0.05) is 18.3 Å². The SMILES string of the molecule is CC(N)Cc1ccc(Oc2ccc(F)cc2Br)nc1. The summed E-state index contributed by atoms with van der Waals surface area (Å²) in [6.45, 7) is 1.94. The van der Waals surface area contributed by atoms with Crippen molar-refractivity contribution in [2.24, 2.45) is 5.73 Å². The van der Waals surface area contributed by atoms with Crippen molar-refractivity contribution in [1.82, 2.24) is 4.98 Å². The van der Waals surface area contributed by atoms with Crippen LogP contribution in [0.1, 0.15) is 12.5 Å². The topological polar surface area (TPSA) is 48.1 Å². The molecule has 0 spiro atoms. The molecule has 0 radical (unpaired) electrons. The van der Waals surface area contributed by atoms with Crippen LogP contribution in [-0.4, -0.2) is 11.0 Å². The zero-order chi connectivity index (χ0) is 13.8. The first kappa shape index (κ1) is 14.0. The Labute approximate surface area is 119 Å². The average Bonchev–Trinajstić information content (AvgIpc) is 2.34. The van der Waals surface area contributed by atoms with Gasteiger partial charge in [0.2, 0.25) is 5.88 Å². The number of halogens is 2. The highest BCUT2D eigenvalue weighted by Crippen LogP contribution is 2.29. The fraction of sp³-hybridized carbons (Fsp3) is 0.214. The Kier molecular flexibility index (Phi) is 4.50. The van der Waals surface area contributed by atoms with Crippen molar-refractivity contribution in [2.75, 3.05) is 0 Å². The normalized spacial score (nSPS) is 12.2. The standard InChI is InChI=1S/C14H14BrFN2O/c1-9(17)6-10-2-5-14(18-8-10)19-13-4-3-11(16)7-12(13)15/h2-5,7-9H,6,17H2,1H3. The van der Waals surface area contributed by atoms with Crippen molar-refractivity contribution in [1.29, 1.82) is 0 Å². The van der Waals surface area contributed by atoms with Gasteiger partial charge in [0.1, 0.15) is 11.6 Å². The molecule has 1 aromatic carbocycles. The van der Waals surface area contributed by atoms with Crippen LogP contribution in [0.15, 0.2) is 41.0 Å². The summed E-state index contributed by atoms with van der Waals surface area (Å²) in [5.41, 5.74) is 6.78. The van der Waals surface area contributed by atoms with Crippen LogP contribution in [0, 0.1) is 5.82 Å². The smallest absolute Gasteiger partial charge is 0.219 e. The van der Waals surface area contributed by atoms with Gasteiger partial charge in [-0.15, -0.1) is 0 Å². The second-order valence-corrected chi connectivity index (χ2v) is 5.22. The number of hydrogen-bond donors (Lipinski definition) is 1. The highest BCUT2D eigenvalue weighted by Gasteiger charge is 2.05. The zero-order valence-corrected chi connectivity index (χ0v) is 12.0. The second kappa shape index (κ2) is 6.12. The van der Waals surface area contributed by atoms with Gasteiger partial charge in [-0.25, -0.2) is 9.37 Å². The van der Waals surface area contributed by atoms with Gasteiger partial charge in [0.05, 0.1) is 4.47 Å². The van der Waals surface area contributed by atoms with Crippen LogP contribution in [0.5, 0.6) is 11.6 Å². The minimum Gasteiger partial charge on any atom is -0.438 e. The number of ether oxygens (including phenoxy) is 1. The molecule has 0 amide bonds. The molecule has 1 unspecified atom stereocenters. The average molecular weight is 325 g/mol. The Morgan fingerprint density at radius 3 is 2.74 bits per heavy atom. The Bertz CT molecular complexity index is 558. The Morgan fingerprint density at radius 1 is 1.37 bits per heavy atom. The molecule has 0 aliphatic heterocycles. The van der Waals surface area contributed by atoms with Crippen molar-refractivity contribution >= 4 is 15.9 Å². The highest BCUT2D eigenvalue weighted by molar-refractivity contribution is 9.10. The lowest BCUT2D eigenvalue weighted by Crippen LogP contribution is -2.17. The minimum absolute atomic E-state index is 0.0970. The fourth-order valence-electron chi connectivity index (χ4n) is 1.63. The molecule has 2 aromatic rings. The summed E-state index contributed by atoms with van der Waals surface area (Å²) < 4.78 is 19.1. The third-order valence-electron chi connectivity index (χ3n) is 2.46. The van der Waals surface area contributed by atoms with Crippen molar-refractivity contribution in [3.05, 3.63) is 52.4 Å². The molecule has 0 aliphatic rings. The quantitative estimate of drug-likeness (QED) is 0.933. The van der Waals surface area contributed by atoms with E-state index in [0.717, 1.165) is 12.0 Å². The maximum absolute atomic E-state index is 12.9. The van der Waals surface area contributed by atoms with Crippen molar-refractivity contribution < 1.29 is 9.13 Å². The second-order valence-electron chi connectivity index (χ2n) is 4.36. The number of benzene rings is 1. The molecule has 5 heteroatoms. The molecule has 1 heterocycles. The van der Waals surface area contributed by atoms with Gasteiger partial charge >= 0.3 is 0 Å². The fourth-order valence-corrected chi connectivity index (χ4v) is 2.07. The van der Waals surface area contributed by atoms with Crippen molar-refractivity contribution in [3.8, 4) is 11.6 Å². The summed E-state index contributed by atoms with van der Waals surface area (Å²) >= 11 is 3.24. The number of nitrogens with two attached hydrogens (primary N) is 1. The van der Waals surface area contributed by atoms with Crippen LogP contribution in [0.4, 0.5) is 4.39 Å². The molecule has 2 N–H and O–H groups in total. The van der Waals surface area contributed by atoms with E-state index < -0.39 is 0 Å². The van der Waals surface area contributed by atoms with Crippen LogP contribution >= 0.6 is 15.9 Å². The lowest BCUT2D eigenvalue weighted by molar-refractivity contribution is 0.457. The monoisotopic (exact) mass is 324 g/mol. The molecule has 1 aromatic heterocycles. The first-order valence-corrected chi connectivity index (χ1v) is 6.67. The van der Waals surface area contributed by atoms with E-state index in [1.165, 1.54) is 12.1 Å². The van der Waals surface area contributed by atoms with Gasteiger partial charge in [-0.05, 0) is 53.0 Å². The Hall–Kier alpha value is -1.46. The number of aromatic nitrogens is 1. The largest absolute Gasteiger partial charge is 0.438 e. The summed E-state index contributed by atoms with van der Waals surface area (Å²) in [6, 6.07) is 8.03. The summed E-state index contributed by atoms with van der Waals surface area (Å²) in [4.78, 5) is 4.20. The molecule has 3 nitrogen and oxygen atoms in total. The molecule has 0 fully saturated rings.